The molecule has 0 aliphatic heterocycles. The number of aromatic hydroxyl groups is 1. The summed E-state index contributed by atoms with van der Waals surface area (Å²) in [6.07, 6.45) is 1.53. The number of fused-ring (bicyclic) bond motifs is 1. The largest absolute Gasteiger partial charge is 0.480 e. The first-order chi connectivity index (χ1) is 5.25. The van der Waals surface area contributed by atoms with Crippen molar-refractivity contribution in [3.63, 3.8) is 0 Å². The van der Waals surface area contributed by atoms with Crippen LogP contribution in [0.2, 0.25) is 0 Å². The zero-order valence-electron chi connectivity index (χ0n) is 5.24. The second kappa shape index (κ2) is 2.16. The number of hydrogen-bond acceptors (Lipinski definition) is 4. The van der Waals surface area contributed by atoms with Crippen LogP contribution in [0.4, 0.5) is 0 Å². The van der Waals surface area contributed by atoms with Crippen molar-refractivity contribution in [3.8, 4) is 6.01 Å². The van der Waals surface area contributed by atoms with Crippen molar-refractivity contribution in [2.24, 2.45) is 0 Å². The summed E-state index contributed by atoms with van der Waals surface area (Å²) in [5.41, 5.74) is 0.877. The molecule has 0 fully saturated rings. The van der Waals surface area contributed by atoms with Gasteiger partial charge in [0.05, 0.1) is 6.20 Å². The average Bonchev–Trinajstić information content (AvgIpc) is 2.27. The van der Waals surface area contributed by atoms with E-state index in [1.807, 2.05) is 0 Å². The maximum Gasteiger partial charge on any atom is 0.294 e. The molecule has 0 saturated heterocycles. The first-order valence-corrected chi connectivity index (χ1v) is 3.62. The van der Waals surface area contributed by atoms with Crippen LogP contribution >= 0.6 is 15.9 Å². The Hall–Kier alpha value is -1.17. The number of rotatable bonds is 0. The maximum absolute atomic E-state index is 8.89. The van der Waals surface area contributed by atoms with Gasteiger partial charge in [0.15, 0.2) is 5.65 Å². The highest BCUT2D eigenvalue weighted by Gasteiger charge is 2.02. The number of hydrogen-bond donors (Lipinski definition) is 2. The summed E-state index contributed by atoms with van der Waals surface area (Å²) in [4.78, 5) is 14.1. The van der Waals surface area contributed by atoms with Gasteiger partial charge in [-0.25, -0.2) is 9.97 Å². The van der Waals surface area contributed by atoms with Crippen LogP contribution < -0.4 is 0 Å². The van der Waals surface area contributed by atoms with E-state index in [0.29, 0.717) is 15.9 Å². The van der Waals surface area contributed by atoms with E-state index in [9.17, 15) is 0 Å². The van der Waals surface area contributed by atoms with Gasteiger partial charge in [0, 0.05) is 0 Å². The van der Waals surface area contributed by atoms with E-state index in [1.165, 1.54) is 6.20 Å². The third-order valence-electron chi connectivity index (χ3n) is 1.17. The zero-order valence-corrected chi connectivity index (χ0v) is 6.83. The molecule has 2 rings (SSSR count). The lowest BCUT2D eigenvalue weighted by Crippen LogP contribution is -1.81. The molecule has 0 aliphatic rings. The summed E-state index contributed by atoms with van der Waals surface area (Å²) in [6, 6.07) is -0.168. The molecule has 5 nitrogen and oxygen atoms in total. The fourth-order valence-corrected chi connectivity index (χ4v) is 1.03. The first-order valence-electron chi connectivity index (χ1n) is 2.83. The zero-order chi connectivity index (χ0) is 7.84. The molecule has 0 atom stereocenters. The molecule has 0 radical (unpaired) electrons. The second-order valence-corrected chi connectivity index (χ2v) is 2.74. The highest BCUT2D eigenvalue weighted by Crippen LogP contribution is 2.12. The standard InChI is InChI=1S/C5H3BrN4O/c6-2-1-7-3-4(8-2)10-5(11)9-3/h1H,(H2,7,8,9,10,11). The molecule has 2 heterocycles. The van der Waals surface area contributed by atoms with Gasteiger partial charge in [0.2, 0.25) is 5.65 Å². The molecule has 6 heteroatoms. The van der Waals surface area contributed by atoms with Crippen LogP contribution in [0, 0.1) is 0 Å². The lowest BCUT2D eigenvalue weighted by Gasteiger charge is -1.85. The van der Waals surface area contributed by atoms with Gasteiger partial charge in [0.25, 0.3) is 6.01 Å². The molecule has 0 aromatic carbocycles. The highest BCUT2D eigenvalue weighted by atomic mass is 79.9. The quantitative estimate of drug-likeness (QED) is 0.682. The minimum Gasteiger partial charge on any atom is -0.480 e. The van der Waals surface area contributed by atoms with Crippen LogP contribution in [-0.4, -0.2) is 25.0 Å². The minimum absolute atomic E-state index is 0.168. The Bertz CT molecular complexity index is 398. The van der Waals surface area contributed by atoms with E-state index < -0.39 is 0 Å². The Labute approximate surface area is 69.6 Å². The lowest BCUT2D eigenvalue weighted by molar-refractivity contribution is 0.438. The van der Waals surface area contributed by atoms with Crippen molar-refractivity contribution in [2.75, 3.05) is 0 Å². The molecule has 0 aliphatic carbocycles. The smallest absolute Gasteiger partial charge is 0.294 e. The molecule has 2 aromatic heterocycles. The molecule has 0 saturated carbocycles. The van der Waals surface area contributed by atoms with Gasteiger partial charge in [-0.3, -0.25) is 4.98 Å². The van der Waals surface area contributed by atoms with Gasteiger partial charge >= 0.3 is 0 Å². The Balaban J connectivity index is 2.82. The molecular formula is C5H3BrN4O. The monoisotopic (exact) mass is 214 g/mol. The molecular weight excluding hydrogens is 212 g/mol. The summed E-state index contributed by atoms with van der Waals surface area (Å²) in [6.45, 7) is 0. The number of aromatic amines is 1. The lowest BCUT2D eigenvalue weighted by atomic mass is 10.7. The summed E-state index contributed by atoms with van der Waals surface area (Å²) < 4.78 is 0.594. The van der Waals surface area contributed by atoms with Crippen molar-refractivity contribution < 1.29 is 5.11 Å². The van der Waals surface area contributed by atoms with Crippen molar-refractivity contribution in [1.82, 2.24) is 19.9 Å². The molecule has 0 amide bonds. The van der Waals surface area contributed by atoms with Crippen LogP contribution in [0.15, 0.2) is 10.8 Å². The molecule has 0 bridgehead atoms. The molecule has 0 spiro atoms. The van der Waals surface area contributed by atoms with Gasteiger partial charge < -0.3 is 5.11 Å². The predicted molar refractivity (Wildman–Crippen MR) is 41.0 cm³/mol. The molecule has 0 unspecified atom stereocenters. The highest BCUT2D eigenvalue weighted by molar-refractivity contribution is 9.10. The van der Waals surface area contributed by atoms with Gasteiger partial charge in [0.1, 0.15) is 4.60 Å². The third-order valence-corrected chi connectivity index (χ3v) is 1.55. The van der Waals surface area contributed by atoms with E-state index in [-0.39, 0.29) is 6.01 Å². The number of halogens is 1. The average molecular weight is 215 g/mol. The van der Waals surface area contributed by atoms with Crippen molar-refractivity contribution >= 4 is 27.2 Å². The Kier molecular flexibility index (Phi) is 1.28. The van der Waals surface area contributed by atoms with E-state index >= 15 is 0 Å². The van der Waals surface area contributed by atoms with Gasteiger partial charge in [-0.2, -0.15) is 4.98 Å². The van der Waals surface area contributed by atoms with Gasteiger partial charge in [-0.1, -0.05) is 0 Å². The van der Waals surface area contributed by atoms with Gasteiger partial charge in [-0.05, 0) is 15.9 Å². The van der Waals surface area contributed by atoms with Crippen LogP contribution in [-0.2, 0) is 0 Å². The molecule has 2 N–H and O–H groups in total. The maximum atomic E-state index is 8.89. The van der Waals surface area contributed by atoms with Crippen LogP contribution in [0.3, 0.4) is 0 Å². The Morgan fingerprint density at radius 2 is 2.27 bits per heavy atom. The minimum atomic E-state index is -0.168. The van der Waals surface area contributed by atoms with Crippen LogP contribution in [0.1, 0.15) is 0 Å². The van der Waals surface area contributed by atoms with Crippen LogP contribution in [0.5, 0.6) is 6.01 Å². The predicted octanol–water partition coefficient (Wildman–Crippen LogP) is 0.821. The SMILES string of the molecule is Oc1nc2nc(Br)cnc2[nH]1. The third kappa shape index (κ3) is 1.05. The van der Waals surface area contributed by atoms with E-state index in [1.54, 1.807) is 0 Å². The Morgan fingerprint density at radius 3 is 3.09 bits per heavy atom. The summed E-state index contributed by atoms with van der Waals surface area (Å²) >= 11 is 3.13. The fraction of sp³-hybridized carbons (Fsp3) is 0. The molecule has 11 heavy (non-hydrogen) atoms. The summed E-state index contributed by atoms with van der Waals surface area (Å²) in [5, 5.41) is 8.89. The molecule has 56 valence electrons. The van der Waals surface area contributed by atoms with E-state index in [4.69, 9.17) is 5.11 Å². The topological polar surface area (TPSA) is 74.7 Å². The number of H-pyrrole nitrogens is 1. The van der Waals surface area contributed by atoms with E-state index in [2.05, 4.69) is 35.9 Å². The second-order valence-electron chi connectivity index (χ2n) is 1.93. The van der Waals surface area contributed by atoms with Crippen LogP contribution in [0.25, 0.3) is 11.3 Å². The number of nitrogens with zero attached hydrogens (tertiary/aromatic N) is 3. The Morgan fingerprint density at radius 1 is 1.45 bits per heavy atom. The summed E-state index contributed by atoms with van der Waals surface area (Å²) in [7, 11) is 0. The van der Waals surface area contributed by atoms with E-state index in [0.717, 1.165) is 0 Å². The first kappa shape index (κ1) is 6.53. The van der Waals surface area contributed by atoms with Gasteiger partial charge in [-0.15, -0.1) is 0 Å². The number of imidazole rings is 1. The normalized spacial score (nSPS) is 10.6. The number of aromatic nitrogens is 4. The van der Waals surface area contributed by atoms with Crippen molar-refractivity contribution in [1.29, 1.82) is 0 Å². The van der Waals surface area contributed by atoms with Crippen molar-refractivity contribution in [3.05, 3.63) is 10.8 Å². The molecule has 2 aromatic rings. The van der Waals surface area contributed by atoms with Crippen molar-refractivity contribution in [2.45, 2.75) is 0 Å². The number of nitrogens with one attached hydrogen (secondary N) is 1. The fourth-order valence-electron chi connectivity index (χ4n) is 0.759. The summed E-state index contributed by atoms with van der Waals surface area (Å²) in [5.74, 6) is 0.